The lowest BCUT2D eigenvalue weighted by atomic mass is 10.1. The average molecular weight is 415 g/mol. The Labute approximate surface area is 180 Å². The molecule has 158 valence electrons. The topological polar surface area (TPSA) is 79.3 Å². The predicted molar refractivity (Wildman–Crippen MR) is 123 cm³/mol. The highest BCUT2D eigenvalue weighted by atomic mass is 16.2. The number of fused-ring (bicyclic) bond motifs is 2. The van der Waals surface area contributed by atoms with Gasteiger partial charge in [0.2, 0.25) is 0 Å². The molecule has 2 aromatic carbocycles. The first-order chi connectivity index (χ1) is 14.9. The quantitative estimate of drug-likeness (QED) is 0.528. The maximum atomic E-state index is 13.1. The van der Waals surface area contributed by atoms with Crippen LogP contribution in [0, 0.1) is 6.92 Å². The number of nitrogens with zero attached hydrogens (tertiary/aromatic N) is 3. The van der Waals surface area contributed by atoms with Gasteiger partial charge in [-0.05, 0) is 48.9 Å². The monoisotopic (exact) mass is 415 g/mol. The highest BCUT2D eigenvalue weighted by molar-refractivity contribution is 5.98. The Kier molecular flexibility index (Phi) is 5.33. The third kappa shape index (κ3) is 3.82. The van der Waals surface area contributed by atoms with E-state index in [1.807, 2.05) is 38.4 Å². The number of aromatic nitrogens is 2. The first kappa shape index (κ1) is 20.4. The van der Waals surface area contributed by atoms with Crippen LogP contribution in [0.2, 0.25) is 0 Å². The lowest BCUT2D eigenvalue weighted by Gasteiger charge is -2.18. The van der Waals surface area contributed by atoms with Crippen LogP contribution in [0.5, 0.6) is 0 Å². The van der Waals surface area contributed by atoms with E-state index in [0.29, 0.717) is 23.4 Å². The highest BCUT2D eigenvalue weighted by Crippen LogP contribution is 2.26. The lowest BCUT2D eigenvalue weighted by Crippen LogP contribution is -2.26. The van der Waals surface area contributed by atoms with Gasteiger partial charge in [0.1, 0.15) is 5.82 Å². The van der Waals surface area contributed by atoms with Crippen LogP contribution in [0.1, 0.15) is 21.6 Å². The van der Waals surface area contributed by atoms with Crippen molar-refractivity contribution in [2.24, 2.45) is 7.05 Å². The van der Waals surface area contributed by atoms with E-state index in [1.54, 1.807) is 30.1 Å². The molecule has 4 aromatic rings. The SMILES string of the molecule is CNC(=O)Nc1ccc2cc(C(=O)N(C)Cc3c(C)n(C)c4ccccc34)ccc2n1. The molecule has 2 heterocycles. The summed E-state index contributed by atoms with van der Waals surface area (Å²) in [6.07, 6.45) is 0. The van der Waals surface area contributed by atoms with E-state index >= 15 is 0 Å². The third-order valence-electron chi connectivity index (χ3n) is 5.68. The van der Waals surface area contributed by atoms with Crippen molar-refractivity contribution in [3.63, 3.8) is 0 Å². The van der Waals surface area contributed by atoms with Crippen molar-refractivity contribution in [2.45, 2.75) is 13.5 Å². The number of carbonyl (C=O) groups is 2. The molecule has 3 amide bonds. The number of nitrogens with one attached hydrogen (secondary N) is 2. The van der Waals surface area contributed by atoms with Gasteiger partial charge in [0, 0.05) is 55.2 Å². The molecule has 4 rings (SSSR count). The number of para-hydroxylation sites is 1. The summed E-state index contributed by atoms with van der Waals surface area (Å²) in [6.45, 7) is 2.61. The summed E-state index contributed by atoms with van der Waals surface area (Å²) < 4.78 is 2.16. The van der Waals surface area contributed by atoms with Crippen LogP contribution >= 0.6 is 0 Å². The number of anilines is 1. The molecular formula is C24H25N5O2. The van der Waals surface area contributed by atoms with Gasteiger partial charge in [-0.15, -0.1) is 0 Å². The molecule has 2 N–H and O–H groups in total. The fourth-order valence-electron chi connectivity index (χ4n) is 3.84. The van der Waals surface area contributed by atoms with Crippen molar-refractivity contribution in [2.75, 3.05) is 19.4 Å². The van der Waals surface area contributed by atoms with E-state index in [0.717, 1.165) is 22.2 Å². The molecular weight excluding hydrogens is 390 g/mol. The van der Waals surface area contributed by atoms with Gasteiger partial charge in [0.05, 0.1) is 5.52 Å². The van der Waals surface area contributed by atoms with Crippen molar-refractivity contribution in [1.29, 1.82) is 0 Å². The second-order valence-electron chi connectivity index (χ2n) is 7.61. The predicted octanol–water partition coefficient (Wildman–Crippen LogP) is 4.06. The van der Waals surface area contributed by atoms with E-state index in [2.05, 4.69) is 39.2 Å². The van der Waals surface area contributed by atoms with Gasteiger partial charge in [-0.2, -0.15) is 0 Å². The number of aryl methyl sites for hydroxylation is 1. The Hall–Kier alpha value is -3.87. The fraction of sp³-hybridized carbons (Fsp3) is 0.208. The van der Waals surface area contributed by atoms with Gasteiger partial charge in [-0.25, -0.2) is 9.78 Å². The first-order valence-corrected chi connectivity index (χ1v) is 10.1. The average Bonchev–Trinajstić information content (AvgIpc) is 3.03. The molecule has 0 radical (unpaired) electrons. The fourth-order valence-corrected chi connectivity index (χ4v) is 3.84. The Balaban J connectivity index is 1.58. The Morgan fingerprint density at radius 2 is 1.87 bits per heavy atom. The molecule has 0 unspecified atom stereocenters. The number of rotatable bonds is 4. The second kappa shape index (κ2) is 8.10. The number of amides is 3. The smallest absolute Gasteiger partial charge is 0.320 e. The van der Waals surface area contributed by atoms with Crippen LogP contribution < -0.4 is 10.6 Å². The number of pyridine rings is 1. The van der Waals surface area contributed by atoms with E-state index in [4.69, 9.17) is 0 Å². The zero-order valence-electron chi connectivity index (χ0n) is 18.1. The normalized spacial score (nSPS) is 11.0. The van der Waals surface area contributed by atoms with E-state index in [-0.39, 0.29) is 11.9 Å². The lowest BCUT2D eigenvalue weighted by molar-refractivity contribution is 0.0785. The van der Waals surface area contributed by atoms with E-state index < -0.39 is 0 Å². The summed E-state index contributed by atoms with van der Waals surface area (Å²) in [5, 5.41) is 7.15. The third-order valence-corrected chi connectivity index (χ3v) is 5.68. The van der Waals surface area contributed by atoms with Crippen LogP contribution in [0.25, 0.3) is 21.8 Å². The van der Waals surface area contributed by atoms with Crippen LogP contribution in [0.3, 0.4) is 0 Å². The Bertz CT molecular complexity index is 1310. The highest BCUT2D eigenvalue weighted by Gasteiger charge is 2.18. The molecule has 0 aliphatic carbocycles. The standard InChI is InChI=1S/C24H25N5O2/c1-15-19(18-7-5-6-8-21(18)29(15)4)14-28(3)23(30)17-9-11-20-16(13-17)10-12-22(26-20)27-24(31)25-2/h5-13H,14H2,1-4H3,(H2,25,26,27,31). The minimum atomic E-state index is -0.330. The summed E-state index contributed by atoms with van der Waals surface area (Å²) in [7, 11) is 5.42. The summed E-state index contributed by atoms with van der Waals surface area (Å²) in [5.74, 6) is 0.399. The maximum Gasteiger partial charge on any atom is 0.320 e. The molecule has 0 saturated heterocycles. The van der Waals surface area contributed by atoms with Gasteiger partial charge < -0.3 is 14.8 Å². The number of benzene rings is 2. The van der Waals surface area contributed by atoms with Crippen molar-refractivity contribution in [1.82, 2.24) is 19.8 Å². The molecule has 0 fully saturated rings. The van der Waals surface area contributed by atoms with Crippen molar-refractivity contribution in [3.8, 4) is 0 Å². The summed E-state index contributed by atoms with van der Waals surface area (Å²) >= 11 is 0. The van der Waals surface area contributed by atoms with Crippen LogP contribution in [-0.4, -0.2) is 40.5 Å². The van der Waals surface area contributed by atoms with Gasteiger partial charge >= 0.3 is 6.03 Å². The van der Waals surface area contributed by atoms with Crippen molar-refractivity contribution in [3.05, 3.63) is 71.4 Å². The molecule has 2 aromatic heterocycles. The molecule has 0 saturated carbocycles. The van der Waals surface area contributed by atoms with Gasteiger partial charge in [0.25, 0.3) is 5.91 Å². The maximum absolute atomic E-state index is 13.1. The summed E-state index contributed by atoms with van der Waals surface area (Å²) in [4.78, 5) is 30.8. The molecule has 0 spiro atoms. The number of hydrogen-bond acceptors (Lipinski definition) is 3. The molecule has 0 atom stereocenters. The molecule has 31 heavy (non-hydrogen) atoms. The molecule has 7 heteroatoms. The second-order valence-corrected chi connectivity index (χ2v) is 7.61. The van der Waals surface area contributed by atoms with E-state index in [9.17, 15) is 9.59 Å². The molecule has 0 aliphatic heterocycles. The summed E-state index contributed by atoms with van der Waals surface area (Å²) in [5.41, 5.74) is 4.77. The number of hydrogen-bond donors (Lipinski definition) is 2. The van der Waals surface area contributed by atoms with Gasteiger partial charge in [-0.1, -0.05) is 18.2 Å². The molecule has 0 bridgehead atoms. The number of urea groups is 1. The molecule has 0 aliphatic rings. The minimum Gasteiger partial charge on any atom is -0.348 e. The largest absolute Gasteiger partial charge is 0.348 e. The van der Waals surface area contributed by atoms with Gasteiger partial charge in [0.15, 0.2) is 0 Å². The Morgan fingerprint density at radius 1 is 1.10 bits per heavy atom. The van der Waals surface area contributed by atoms with Crippen molar-refractivity contribution < 1.29 is 9.59 Å². The van der Waals surface area contributed by atoms with Crippen LogP contribution in [0.4, 0.5) is 10.6 Å². The zero-order valence-corrected chi connectivity index (χ0v) is 18.1. The van der Waals surface area contributed by atoms with E-state index in [1.165, 1.54) is 5.39 Å². The summed E-state index contributed by atoms with van der Waals surface area (Å²) in [6, 6.07) is 16.9. The van der Waals surface area contributed by atoms with Crippen LogP contribution in [-0.2, 0) is 13.6 Å². The minimum absolute atomic E-state index is 0.0539. The number of carbonyl (C=O) groups excluding carboxylic acids is 2. The zero-order chi connectivity index (χ0) is 22.1. The van der Waals surface area contributed by atoms with Gasteiger partial charge in [-0.3, -0.25) is 10.1 Å². The van der Waals surface area contributed by atoms with Crippen LogP contribution in [0.15, 0.2) is 54.6 Å². The Morgan fingerprint density at radius 3 is 2.65 bits per heavy atom. The first-order valence-electron chi connectivity index (χ1n) is 10.1. The molecule has 7 nitrogen and oxygen atoms in total. The van der Waals surface area contributed by atoms with Crippen molar-refractivity contribution >= 4 is 39.6 Å².